The number of fused-ring (bicyclic) bond motifs is 1. The molecule has 3 heterocycles. The lowest BCUT2D eigenvalue weighted by Gasteiger charge is -2.22. The van der Waals surface area contributed by atoms with Crippen molar-refractivity contribution in [2.24, 2.45) is 0 Å². The van der Waals surface area contributed by atoms with Gasteiger partial charge in [-0.05, 0) is 42.1 Å². The monoisotopic (exact) mass is 453 g/mol. The molecule has 158 valence electrons. The number of halogens is 3. The predicted octanol–water partition coefficient (Wildman–Crippen LogP) is 5.36. The Kier molecular flexibility index (Phi) is 5.70. The van der Waals surface area contributed by atoms with E-state index >= 15 is 0 Å². The van der Waals surface area contributed by atoms with Gasteiger partial charge in [-0.15, -0.1) is 22.7 Å². The van der Waals surface area contributed by atoms with Crippen LogP contribution in [0.3, 0.4) is 0 Å². The minimum Gasteiger partial charge on any atom is -0.336 e. The summed E-state index contributed by atoms with van der Waals surface area (Å²) in [6.45, 7) is 1.64. The van der Waals surface area contributed by atoms with Crippen molar-refractivity contribution < 1.29 is 22.8 Å². The molecule has 0 radical (unpaired) electrons. The SMILES string of the molecule is O=C(Nc1cccc(C(F)(F)F)c1)N1CCCN(C(=O)c2cc3sccc3s2)CC1. The number of benzene rings is 1. The van der Waals surface area contributed by atoms with E-state index < -0.39 is 17.8 Å². The molecule has 1 fully saturated rings. The summed E-state index contributed by atoms with van der Waals surface area (Å²) in [6.07, 6.45) is -3.87. The average Bonchev–Trinajstić information content (AvgIpc) is 3.21. The Labute approximate surface area is 178 Å². The number of carbonyl (C=O) groups is 2. The Morgan fingerprint density at radius 2 is 1.73 bits per heavy atom. The van der Waals surface area contributed by atoms with Crippen LogP contribution in [0.1, 0.15) is 21.7 Å². The van der Waals surface area contributed by atoms with Crippen LogP contribution in [-0.2, 0) is 6.18 Å². The number of carbonyl (C=O) groups excluding carboxylic acids is 2. The van der Waals surface area contributed by atoms with Crippen molar-refractivity contribution in [3.8, 4) is 0 Å². The fourth-order valence-corrected chi connectivity index (χ4v) is 5.40. The number of hydrogen-bond donors (Lipinski definition) is 1. The summed E-state index contributed by atoms with van der Waals surface area (Å²) in [4.78, 5) is 29.3. The molecule has 0 saturated carbocycles. The molecule has 1 N–H and O–H groups in total. The summed E-state index contributed by atoms with van der Waals surface area (Å²) in [5.41, 5.74) is -0.727. The summed E-state index contributed by atoms with van der Waals surface area (Å²) in [5, 5.41) is 4.52. The van der Waals surface area contributed by atoms with Crippen molar-refractivity contribution in [1.29, 1.82) is 0 Å². The number of nitrogens with zero attached hydrogens (tertiary/aromatic N) is 2. The van der Waals surface area contributed by atoms with Crippen LogP contribution in [0.25, 0.3) is 9.40 Å². The van der Waals surface area contributed by atoms with Crippen LogP contribution in [0, 0.1) is 0 Å². The van der Waals surface area contributed by atoms with Crippen LogP contribution in [0.5, 0.6) is 0 Å². The highest BCUT2D eigenvalue weighted by Gasteiger charge is 2.31. The van der Waals surface area contributed by atoms with Gasteiger partial charge in [-0.2, -0.15) is 13.2 Å². The van der Waals surface area contributed by atoms with Crippen molar-refractivity contribution >= 4 is 49.7 Å². The fraction of sp³-hybridized carbons (Fsp3) is 0.300. The first-order valence-electron chi connectivity index (χ1n) is 9.31. The molecular weight excluding hydrogens is 435 g/mol. The first-order valence-corrected chi connectivity index (χ1v) is 11.0. The minimum absolute atomic E-state index is 0.0523. The third kappa shape index (κ3) is 4.44. The second kappa shape index (κ2) is 8.27. The van der Waals surface area contributed by atoms with E-state index in [9.17, 15) is 22.8 Å². The molecule has 2 aromatic heterocycles. The second-order valence-corrected chi connectivity index (χ2v) is 8.93. The molecule has 1 aliphatic heterocycles. The molecule has 3 aromatic rings. The molecule has 10 heteroatoms. The van der Waals surface area contributed by atoms with Gasteiger partial charge in [0, 0.05) is 41.3 Å². The van der Waals surface area contributed by atoms with Gasteiger partial charge >= 0.3 is 12.2 Å². The van der Waals surface area contributed by atoms with E-state index in [0.29, 0.717) is 37.5 Å². The number of anilines is 1. The van der Waals surface area contributed by atoms with Crippen LogP contribution in [0.2, 0.25) is 0 Å². The van der Waals surface area contributed by atoms with Gasteiger partial charge in [0.05, 0.1) is 10.4 Å². The topological polar surface area (TPSA) is 52.7 Å². The molecule has 1 aliphatic rings. The Hall–Kier alpha value is -2.59. The molecule has 0 bridgehead atoms. The number of alkyl halides is 3. The Balaban J connectivity index is 1.38. The number of hydrogen-bond acceptors (Lipinski definition) is 4. The van der Waals surface area contributed by atoms with Crippen LogP contribution in [0.4, 0.5) is 23.7 Å². The van der Waals surface area contributed by atoms with Gasteiger partial charge in [0.15, 0.2) is 0 Å². The maximum absolute atomic E-state index is 12.9. The van der Waals surface area contributed by atoms with E-state index in [1.165, 1.54) is 28.4 Å². The Morgan fingerprint density at radius 3 is 2.50 bits per heavy atom. The number of amides is 3. The molecule has 0 unspecified atom stereocenters. The van der Waals surface area contributed by atoms with Crippen molar-refractivity contribution in [3.63, 3.8) is 0 Å². The van der Waals surface area contributed by atoms with Gasteiger partial charge in [-0.3, -0.25) is 4.79 Å². The first kappa shape index (κ1) is 20.7. The molecule has 1 saturated heterocycles. The van der Waals surface area contributed by atoms with Crippen LogP contribution >= 0.6 is 22.7 Å². The number of thiophene rings is 2. The molecule has 5 nitrogen and oxygen atoms in total. The summed E-state index contributed by atoms with van der Waals surface area (Å²) in [7, 11) is 0. The molecule has 30 heavy (non-hydrogen) atoms. The average molecular weight is 454 g/mol. The fourth-order valence-electron chi connectivity index (χ4n) is 3.33. The molecule has 0 atom stereocenters. The zero-order chi connectivity index (χ0) is 21.3. The summed E-state index contributed by atoms with van der Waals surface area (Å²) in [6, 6.07) is 7.96. The molecule has 3 amide bonds. The largest absolute Gasteiger partial charge is 0.416 e. The van der Waals surface area contributed by atoms with Crippen LogP contribution in [0.15, 0.2) is 41.8 Å². The van der Waals surface area contributed by atoms with E-state index in [-0.39, 0.29) is 11.6 Å². The molecule has 0 spiro atoms. The van der Waals surface area contributed by atoms with Crippen molar-refractivity contribution in [1.82, 2.24) is 9.80 Å². The first-order chi connectivity index (χ1) is 14.3. The highest BCUT2D eigenvalue weighted by Crippen LogP contribution is 2.32. The van der Waals surface area contributed by atoms with Gasteiger partial charge in [-0.25, -0.2) is 4.79 Å². The highest BCUT2D eigenvalue weighted by molar-refractivity contribution is 7.27. The lowest BCUT2D eigenvalue weighted by molar-refractivity contribution is -0.137. The van der Waals surface area contributed by atoms with E-state index in [1.807, 2.05) is 17.5 Å². The lowest BCUT2D eigenvalue weighted by atomic mass is 10.2. The quantitative estimate of drug-likeness (QED) is 0.568. The summed E-state index contributed by atoms with van der Waals surface area (Å²) >= 11 is 3.05. The van der Waals surface area contributed by atoms with E-state index in [4.69, 9.17) is 0 Å². The van der Waals surface area contributed by atoms with Crippen LogP contribution in [-0.4, -0.2) is 47.9 Å². The third-order valence-corrected chi connectivity index (χ3v) is 6.94. The van der Waals surface area contributed by atoms with E-state index in [1.54, 1.807) is 16.2 Å². The molecule has 0 aliphatic carbocycles. The number of rotatable bonds is 2. The van der Waals surface area contributed by atoms with Crippen molar-refractivity contribution in [2.45, 2.75) is 12.6 Å². The maximum atomic E-state index is 12.9. The Morgan fingerprint density at radius 1 is 0.967 bits per heavy atom. The summed E-state index contributed by atoms with van der Waals surface area (Å²) in [5.74, 6) is -0.0523. The van der Waals surface area contributed by atoms with Crippen LogP contribution < -0.4 is 5.32 Å². The number of nitrogens with one attached hydrogen (secondary N) is 1. The lowest BCUT2D eigenvalue weighted by Crippen LogP contribution is -2.39. The normalized spacial score (nSPS) is 15.3. The van der Waals surface area contributed by atoms with E-state index in [0.717, 1.165) is 21.5 Å². The smallest absolute Gasteiger partial charge is 0.336 e. The maximum Gasteiger partial charge on any atom is 0.416 e. The molecule has 4 rings (SSSR count). The third-order valence-electron chi connectivity index (χ3n) is 4.86. The zero-order valence-corrected chi connectivity index (χ0v) is 17.4. The zero-order valence-electron chi connectivity index (χ0n) is 15.7. The van der Waals surface area contributed by atoms with Gasteiger partial charge in [0.1, 0.15) is 0 Å². The van der Waals surface area contributed by atoms with Gasteiger partial charge in [0.25, 0.3) is 5.91 Å². The standard InChI is InChI=1S/C20H18F3N3O2S2/c21-20(22,23)13-3-1-4-14(11-13)24-19(28)26-7-2-6-25(8-9-26)18(27)17-12-16-15(30-17)5-10-29-16/h1,3-5,10-12H,2,6-9H2,(H,24,28). The van der Waals surface area contributed by atoms with Gasteiger partial charge in [0.2, 0.25) is 0 Å². The van der Waals surface area contributed by atoms with Gasteiger partial charge < -0.3 is 15.1 Å². The number of urea groups is 1. The minimum atomic E-state index is -4.47. The van der Waals surface area contributed by atoms with Gasteiger partial charge in [-0.1, -0.05) is 6.07 Å². The summed E-state index contributed by atoms with van der Waals surface area (Å²) < 4.78 is 40.7. The van der Waals surface area contributed by atoms with E-state index in [2.05, 4.69) is 5.32 Å². The molecular formula is C20H18F3N3O2S2. The Bertz CT molecular complexity index is 1050. The second-order valence-electron chi connectivity index (χ2n) is 6.90. The highest BCUT2D eigenvalue weighted by atomic mass is 32.1. The van der Waals surface area contributed by atoms with Crippen molar-refractivity contribution in [2.75, 3.05) is 31.5 Å². The predicted molar refractivity (Wildman–Crippen MR) is 112 cm³/mol. The molecule has 1 aromatic carbocycles. The van der Waals surface area contributed by atoms with Crippen molar-refractivity contribution in [3.05, 3.63) is 52.2 Å².